The Bertz CT molecular complexity index is 799. The van der Waals surface area contributed by atoms with Crippen molar-refractivity contribution in [2.75, 3.05) is 11.9 Å². The highest BCUT2D eigenvalue weighted by molar-refractivity contribution is 8.00. The van der Waals surface area contributed by atoms with Crippen molar-refractivity contribution < 1.29 is 9.59 Å². The van der Waals surface area contributed by atoms with Gasteiger partial charge in [-0.25, -0.2) is 0 Å². The molecule has 0 spiro atoms. The molecule has 0 saturated carbocycles. The number of anilines is 1. The lowest BCUT2D eigenvalue weighted by molar-refractivity contribution is -0.115. The Kier molecular flexibility index (Phi) is 5.96. The Morgan fingerprint density at radius 3 is 2.71 bits per heavy atom. The summed E-state index contributed by atoms with van der Waals surface area (Å²) < 4.78 is 0.793. The molecular weight excluding hydrogens is 384 g/mol. The van der Waals surface area contributed by atoms with Crippen molar-refractivity contribution in [3.05, 3.63) is 44.8 Å². The second-order valence-corrected chi connectivity index (χ2v) is 8.63. The molecule has 3 heterocycles. The first-order valence-corrected chi connectivity index (χ1v) is 10.4. The van der Waals surface area contributed by atoms with Gasteiger partial charge in [-0.2, -0.15) is 0 Å². The van der Waals surface area contributed by atoms with Crippen molar-refractivity contribution in [1.82, 2.24) is 15.5 Å². The fourth-order valence-electron chi connectivity index (χ4n) is 1.67. The van der Waals surface area contributed by atoms with Crippen molar-refractivity contribution in [3.8, 4) is 0 Å². The van der Waals surface area contributed by atoms with E-state index in [4.69, 9.17) is 0 Å². The van der Waals surface area contributed by atoms with Crippen LogP contribution >= 0.6 is 45.8 Å². The number of rotatable bonds is 7. The Morgan fingerprint density at radius 2 is 1.96 bits per heavy atom. The minimum Gasteiger partial charge on any atom is -0.342 e. The summed E-state index contributed by atoms with van der Waals surface area (Å²) in [7, 11) is 0. The summed E-state index contributed by atoms with van der Waals surface area (Å²) in [6, 6.07) is 7.57. The molecule has 0 bridgehead atoms. The standard InChI is InChI=1S/C14H12N4O2S4/c19-11(7-15-12(20)10-4-2-6-22-10)16-13-17-18-14(24-13)23-8-9-3-1-5-21-9/h1-6H,7-8H2,(H,15,20)(H,16,17,19). The number of hydrogen-bond acceptors (Lipinski definition) is 8. The van der Waals surface area contributed by atoms with E-state index in [0.717, 1.165) is 10.1 Å². The van der Waals surface area contributed by atoms with Crippen molar-refractivity contribution in [1.29, 1.82) is 0 Å². The summed E-state index contributed by atoms with van der Waals surface area (Å²) >= 11 is 5.92. The molecule has 0 radical (unpaired) electrons. The predicted octanol–water partition coefficient (Wildman–Crippen LogP) is 3.32. The van der Waals surface area contributed by atoms with Crippen LogP contribution in [0.4, 0.5) is 5.13 Å². The van der Waals surface area contributed by atoms with E-state index in [1.54, 1.807) is 35.2 Å². The number of carbonyl (C=O) groups is 2. The first-order chi connectivity index (χ1) is 11.7. The van der Waals surface area contributed by atoms with Crippen LogP contribution in [0.3, 0.4) is 0 Å². The van der Waals surface area contributed by atoms with Crippen molar-refractivity contribution in [2.24, 2.45) is 0 Å². The Balaban J connectivity index is 1.44. The van der Waals surface area contributed by atoms with Crippen LogP contribution in [-0.2, 0) is 10.5 Å². The molecule has 3 aromatic heterocycles. The molecule has 6 nitrogen and oxygen atoms in total. The van der Waals surface area contributed by atoms with Gasteiger partial charge in [0.2, 0.25) is 11.0 Å². The highest BCUT2D eigenvalue weighted by atomic mass is 32.2. The average molecular weight is 397 g/mol. The van der Waals surface area contributed by atoms with Gasteiger partial charge in [0.25, 0.3) is 5.91 Å². The smallest absolute Gasteiger partial charge is 0.261 e. The fraction of sp³-hybridized carbons (Fsp3) is 0.143. The van der Waals surface area contributed by atoms with Gasteiger partial charge in [-0.05, 0) is 22.9 Å². The average Bonchev–Trinajstić information content (AvgIpc) is 3.32. The van der Waals surface area contributed by atoms with Gasteiger partial charge in [0.1, 0.15) is 0 Å². The zero-order valence-corrected chi connectivity index (χ0v) is 15.5. The maximum absolute atomic E-state index is 11.9. The zero-order valence-electron chi connectivity index (χ0n) is 12.2. The second-order valence-electron chi connectivity index (χ2n) is 4.45. The molecule has 2 N–H and O–H groups in total. The van der Waals surface area contributed by atoms with E-state index in [2.05, 4.69) is 26.9 Å². The van der Waals surface area contributed by atoms with Crippen LogP contribution in [0.1, 0.15) is 14.5 Å². The summed E-state index contributed by atoms with van der Waals surface area (Å²) in [5.41, 5.74) is 0. The molecule has 0 aromatic carbocycles. The molecule has 10 heteroatoms. The summed E-state index contributed by atoms with van der Waals surface area (Å²) in [4.78, 5) is 25.4. The summed E-state index contributed by atoms with van der Waals surface area (Å²) in [6.07, 6.45) is 0. The topological polar surface area (TPSA) is 84.0 Å². The Morgan fingerprint density at radius 1 is 1.12 bits per heavy atom. The highest BCUT2D eigenvalue weighted by Crippen LogP contribution is 2.29. The number of carbonyl (C=O) groups excluding carboxylic acids is 2. The van der Waals surface area contributed by atoms with Crippen LogP contribution in [-0.4, -0.2) is 28.6 Å². The number of thioether (sulfide) groups is 1. The molecule has 0 atom stereocenters. The van der Waals surface area contributed by atoms with Crippen LogP contribution in [0.2, 0.25) is 0 Å². The van der Waals surface area contributed by atoms with Crippen LogP contribution in [0.15, 0.2) is 39.4 Å². The van der Waals surface area contributed by atoms with E-state index >= 15 is 0 Å². The molecule has 2 amide bonds. The zero-order chi connectivity index (χ0) is 16.8. The van der Waals surface area contributed by atoms with Gasteiger partial charge in [-0.3, -0.25) is 14.9 Å². The van der Waals surface area contributed by atoms with Crippen molar-refractivity contribution >= 4 is 62.7 Å². The van der Waals surface area contributed by atoms with Gasteiger partial charge < -0.3 is 5.32 Å². The number of thiophene rings is 2. The van der Waals surface area contributed by atoms with Gasteiger partial charge >= 0.3 is 0 Å². The lowest BCUT2D eigenvalue weighted by Gasteiger charge is -2.02. The van der Waals surface area contributed by atoms with E-state index < -0.39 is 0 Å². The monoisotopic (exact) mass is 396 g/mol. The van der Waals surface area contributed by atoms with Gasteiger partial charge in [0.05, 0.1) is 11.4 Å². The summed E-state index contributed by atoms with van der Waals surface area (Å²) in [6.45, 7) is -0.103. The van der Waals surface area contributed by atoms with Gasteiger partial charge in [0.15, 0.2) is 4.34 Å². The lowest BCUT2D eigenvalue weighted by atomic mass is 10.4. The van der Waals surface area contributed by atoms with Crippen LogP contribution in [0.5, 0.6) is 0 Å². The van der Waals surface area contributed by atoms with E-state index in [0.29, 0.717) is 10.0 Å². The third-order valence-electron chi connectivity index (χ3n) is 2.73. The van der Waals surface area contributed by atoms with Crippen LogP contribution in [0, 0.1) is 0 Å². The maximum Gasteiger partial charge on any atom is 0.261 e. The molecule has 0 aliphatic carbocycles. The molecule has 24 heavy (non-hydrogen) atoms. The van der Waals surface area contributed by atoms with Gasteiger partial charge in [-0.15, -0.1) is 32.9 Å². The maximum atomic E-state index is 11.9. The SMILES string of the molecule is O=C(CNC(=O)c1cccs1)Nc1nnc(SCc2cccs2)s1. The first-order valence-electron chi connectivity index (χ1n) is 6.81. The number of aromatic nitrogens is 2. The molecule has 0 saturated heterocycles. The number of hydrogen-bond donors (Lipinski definition) is 2. The van der Waals surface area contributed by atoms with Crippen LogP contribution < -0.4 is 10.6 Å². The minimum absolute atomic E-state index is 0.103. The molecular formula is C14H12N4O2S4. The molecule has 0 aliphatic rings. The largest absolute Gasteiger partial charge is 0.342 e. The molecule has 0 aliphatic heterocycles. The number of nitrogens with one attached hydrogen (secondary N) is 2. The van der Waals surface area contributed by atoms with Crippen molar-refractivity contribution in [2.45, 2.75) is 10.1 Å². The van der Waals surface area contributed by atoms with Crippen LogP contribution in [0.25, 0.3) is 0 Å². The normalized spacial score (nSPS) is 10.5. The molecule has 124 valence electrons. The van der Waals surface area contributed by atoms with Gasteiger partial charge in [0, 0.05) is 10.6 Å². The number of nitrogens with zero attached hydrogens (tertiary/aromatic N) is 2. The van der Waals surface area contributed by atoms with E-state index in [-0.39, 0.29) is 18.4 Å². The molecule has 0 fully saturated rings. The fourth-order valence-corrected chi connectivity index (χ4v) is 4.85. The number of amides is 2. The lowest BCUT2D eigenvalue weighted by Crippen LogP contribution is -2.32. The third kappa shape index (κ3) is 4.87. The minimum atomic E-state index is -0.328. The Hall–Kier alpha value is -1.75. The van der Waals surface area contributed by atoms with E-state index in [9.17, 15) is 9.59 Å². The third-order valence-corrected chi connectivity index (χ3v) is 6.67. The van der Waals surface area contributed by atoms with Gasteiger partial charge in [-0.1, -0.05) is 35.2 Å². The summed E-state index contributed by atoms with van der Waals surface area (Å²) in [5.74, 6) is 0.243. The predicted molar refractivity (Wildman–Crippen MR) is 99.1 cm³/mol. The van der Waals surface area contributed by atoms with Crippen molar-refractivity contribution in [3.63, 3.8) is 0 Å². The quantitative estimate of drug-likeness (QED) is 0.473. The summed E-state index contributed by atoms with van der Waals surface area (Å²) in [5, 5.41) is 17.5. The molecule has 0 unspecified atom stereocenters. The highest BCUT2D eigenvalue weighted by Gasteiger charge is 2.11. The van der Waals surface area contributed by atoms with E-state index in [1.807, 2.05) is 16.8 Å². The molecule has 3 rings (SSSR count). The first kappa shape index (κ1) is 17.1. The molecule has 3 aromatic rings. The van der Waals surface area contributed by atoms with E-state index in [1.165, 1.54) is 27.6 Å². The Labute approximate surface area is 154 Å². The second kappa shape index (κ2) is 8.38.